The zero-order valence-electron chi connectivity index (χ0n) is 16.4. The van der Waals surface area contributed by atoms with E-state index in [4.69, 9.17) is 9.47 Å². The number of nitrogens with one attached hydrogen (secondary N) is 1. The Hall–Kier alpha value is -3.29. The molecule has 1 N–H and O–H groups in total. The highest BCUT2D eigenvalue weighted by molar-refractivity contribution is 6.15. The summed E-state index contributed by atoms with van der Waals surface area (Å²) in [5.74, 6) is -3.38. The molecule has 2 aromatic rings. The van der Waals surface area contributed by atoms with E-state index in [1.54, 1.807) is 20.8 Å². The SMILES string of the molecule is CCOC(=O)C(C(=O)OCC)=C(CC)Nc1ccc(F)c(-c2ccncc2)c1F. The normalized spacial score (nSPS) is 10.2. The van der Waals surface area contributed by atoms with Crippen molar-refractivity contribution in [3.63, 3.8) is 0 Å². The Morgan fingerprint density at radius 3 is 2.07 bits per heavy atom. The summed E-state index contributed by atoms with van der Waals surface area (Å²) in [5.41, 5.74) is -0.294. The van der Waals surface area contributed by atoms with Gasteiger partial charge in [-0.2, -0.15) is 0 Å². The molecule has 0 saturated heterocycles. The molecule has 8 heteroatoms. The number of halogens is 2. The van der Waals surface area contributed by atoms with Gasteiger partial charge in [-0.25, -0.2) is 18.4 Å². The summed E-state index contributed by atoms with van der Waals surface area (Å²) in [5, 5.41) is 2.73. The summed E-state index contributed by atoms with van der Waals surface area (Å²) >= 11 is 0. The summed E-state index contributed by atoms with van der Waals surface area (Å²) in [7, 11) is 0. The van der Waals surface area contributed by atoms with Gasteiger partial charge in [0.25, 0.3) is 0 Å². The Kier molecular flexibility index (Phi) is 7.82. The van der Waals surface area contributed by atoms with Gasteiger partial charge in [0.2, 0.25) is 0 Å². The number of benzene rings is 1. The second kappa shape index (κ2) is 10.3. The molecule has 0 aliphatic rings. The summed E-state index contributed by atoms with van der Waals surface area (Å²) < 4.78 is 39.3. The summed E-state index contributed by atoms with van der Waals surface area (Å²) in [6, 6.07) is 5.25. The zero-order chi connectivity index (χ0) is 21.4. The van der Waals surface area contributed by atoms with Gasteiger partial charge in [-0.3, -0.25) is 4.98 Å². The fourth-order valence-electron chi connectivity index (χ4n) is 2.66. The first-order chi connectivity index (χ1) is 13.9. The number of nitrogens with zero attached hydrogens (tertiary/aromatic N) is 1. The van der Waals surface area contributed by atoms with Crippen molar-refractivity contribution < 1.29 is 27.8 Å². The Morgan fingerprint density at radius 2 is 1.55 bits per heavy atom. The van der Waals surface area contributed by atoms with Crippen LogP contribution in [0.15, 0.2) is 47.9 Å². The fourth-order valence-corrected chi connectivity index (χ4v) is 2.66. The van der Waals surface area contributed by atoms with Crippen LogP contribution in [0.4, 0.5) is 14.5 Å². The van der Waals surface area contributed by atoms with Crippen LogP contribution in [0.5, 0.6) is 0 Å². The molecule has 1 aromatic carbocycles. The van der Waals surface area contributed by atoms with Crippen LogP contribution < -0.4 is 5.32 Å². The van der Waals surface area contributed by atoms with Crippen molar-refractivity contribution in [2.45, 2.75) is 27.2 Å². The molecule has 0 radical (unpaired) electrons. The molecule has 0 atom stereocenters. The van der Waals surface area contributed by atoms with Crippen LogP contribution in [-0.4, -0.2) is 30.1 Å². The van der Waals surface area contributed by atoms with E-state index in [0.29, 0.717) is 5.56 Å². The van der Waals surface area contributed by atoms with E-state index in [-0.39, 0.29) is 42.2 Å². The molecule has 154 valence electrons. The lowest BCUT2D eigenvalue weighted by Crippen LogP contribution is -2.23. The molecule has 0 fully saturated rings. The summed E-state index contributed by atoms with van der Waals surface area (Å²) in [6.07, 6.45) is 3.02. The first-order valence-electron chi connectivity index (χ1n) is 9.17. The third-order valence-corrected chi connectivity index (χ3v) is 3.96. The van der Waals surface area contributed by atoms with E-state index >= 15 is 4.39 Å². The highest BCUT2D eigenvalue weighted by Gasteiger charge is 2.26. The van der Waals surface area contributed by atoms with Crippen molar-refractivity contribution in [1.82, 2.24) is 4.98 Å². The monoisotopic (exact) mass is 404 g/mol. The Bertz CT molecular complexity index is 894. The van der Waals surface area contributed by atoms with E-state index in [2.05, 4.69) is 10.3 Å². The van der Waals surface area contributed by atoms with Crippen molar-refractivity contribution in [1.29, 1.82) is 0 Å². The predicted molar refractivity (Wildman–Crippen MR) is 104 cm³/mol. The number of esters is 2. The molecule has 0 saturated carbocycles. The van der Waals surface area contributed by atoms with E-state index in [9.17, 15) is 14.0 Å². The largest absolute Gasteiger partial charge is 0.462 e. The molecular formula is C21H22F2N2O4. The van der Waals surface area contributed by atoms with Crippen molar-refractivity contribution >= 4 is 17.6 Å². The third-order valence-electron chi connectivity index (χ3n) is 3.96. The second-order valence-electron chi connectivity index (χ2n) is 5.79. The van der Waals surface area contributed by atoms with Crippen LogP contribution in [0.25, 0.3) is 11.1 Å². The molecule has 29 heavy (non-hydrogen) atoms. The van der Waals surface area contributed by atoms with Crippen LogP contribution >= 0.6 is 0 Å². The zero-order valence-corrected chi connectivity index (χ0v) is 16.4. The van der Waals surface area contributed by atoms with Gasteiger partial charge in [-0.15, -0.1) is 0 Å². The average Bonchev–Trinajstić information content (AvgIpc) is 2.70. The molecule has 1 aromatic heterocycles. The lowest BCUT2D eigenvalue weighted by atomic mass is 10.0. The molecule has 6 nitrogen and oxygen atoms in total. The minimum absolute atomic E-state index is 0.0514. The maximum atomic E-state index is 15.1. The van der Waals surface area contributed by atoms with E-state index in [1.807, 2.05) is 0 Å². The average molecular weight is 404 g/mol. The highest BCUT2D eigenvalue weighted by atomic mass is 19.1. The molecule has 0 unspecified atom stereocenters. The van der Waals surface area contributed by atoms with Crippen molar-refractivity contribution in [2.75, 3.05) is 18.5 Å². The Labute approximate surface area is 167 Å². The van der Waals surface area contributed by atoms with Gasteiger partial charge in [0, 0.05) is 18.1 Å². The molecule has 0 aliphatic carbocycles. The minimum Gasteiger partial charge on any atom is -0.462 e. The van der Waals surface area contributed by atoms with Gasteiger partial charge in [0.15, 0.2) is 11.4 Å². The quantitative estimate of drug-likeness (QED) is 0.307. The number of rotatable bonds is 8. The van der Waals surface area contributed by atoms with E-state index < -0.39 is 23.6 Å². The highest BCUT2D eigenvalue weighted by Crippen LogP contribution is 2.31. The van der Waals surface area contributed by atoms with Gasteiger partial charge < -0.3 is 14.8 Å². The molecule has 1 heterocycles. The van der Waals surface area contributed by atoms with Crippen molar-refractivity contribution in [2.24, 2.45) is 0 Å². The van der Waals surface area contributed by atoms with Crippen LogP contribution in [-0.2, 0) is 19.1 Å². The number of ether oxygens (including phenoxy) is 2. The van der Waals surface area contributed by atoms with Crippen LogP contribution in [0.3, 0.4) is 0 Å². The number of hydrogen-bond donors (Lipinski definition) is 1. The number of pyridine rings is 1. The van der Waals surface area contributed by atoms with Gasteiger partial charge in [-0.1, -0.05) is 6.92 Å². The second-order valence-corrected chi connectivity index (χ2v) is 5.79. The molecule has 2 rings (SSSR count). The standard InChI is InChI=1S/C21H22F2N2O4/c1-4-15(18(20(26)28-5-2)21(27)29-6-3)25-16-8-7-14(22)17(19(16)23)13-9-11-24-12-10-13/h7-12,25H,4-6H2,1-3H3. The van der Waals surface area contributed by atoms with Gasteiger partial charge in [-0.05, 0) is 50.1 Å². The molecule has 0 spiro atoms. The third kappa shape index (κ3) is 5.16. The molecular weight excluding hydrogens is 382 g/mol. The van der Waals surface area contributed by atoms with Crippen molar-refractivity contribution in [3.05, 3.63) is 59.6 Å². The maximum Gasteiger partial charge on any atom is 0.347 e. The number of aromatic nitrogens is 1. The van der Waals surface area contributed by atoms with Gasteiger partial charge in [0.1, 0.15) is 5.82 Å². The number of hydrogen-bond acceptors (Lipinski definition) is 6. The number of carbonyl (C=O) groups excluding carboxylic acids is 2. The number of anilines is 1. The van der Waals surface area contributed by atoms with Gasteiger partial charge >= 0.3 is 11.9 Å². The topological polar surface area (TPSA) is 77.5 Å². The lowest BCUT2D eigenvalue weighted by Gasteiger charge is -2.16. The Morgan fingerprint density at radius 1 is 0.966 bits per heavy atom. The van der Waals surface area contributed by atoms with Crippen LogP contribution in [0.2, 0.25) is 0 Å². The lowest BCUT2D eigenvalue weighted by molar-refractivity contribution is -0.146. The van der Waals surface area contributed by atoms with Crippen molar-refractivity contribution in [3.8, 4) is 11.1 Å². The smallest absolute Gasteiger partial charge is 0.347 e. The maximum absolute atomic E-state index is 15.1. The Balaban J connectivity index is 2.54. The summed E-state index contributed by atoms with van der Waals surface area (Å²) in [4.78, 5) is 28.4. The van der Waals surface area contributed by atoms with Crippen LogP contribution in [0, 0.1) is 11.6 Å². The molecule has 0 amide bonds. The number of carbonyl (C=O) groups is 2. The predicted octanol–water partition coefficient (Wildman–Crippen LogP) is 4.23. The van der Waals surface area contributed by atoms with Crippen LogP contribution in [0.1, 0.15) is 27.2 Å². The first kappa shape index (κ1) is 22.0. The number of allylic oxidation sites excluding steroid dienone is 1. The van der Waals surface area contributed by atoms with Gasteiger partial charge in [0.05, 0.1) is 24.5 Å². The molecule has 0 bridgehead atoms. The minimum atomic E-state index is -0.882. The van der Waals surface area contributed by atoms with E-state index in [1.165, 1.54) is 30.6 Å². The fraction of sp³-hybridized carbons (Fsp3) is 0.286. The van der Waals surface area contributed by atoms with E-state index in [0.717, 1.165) is 6.07 Å². The summed E-state index contributed by atoms with van der Waals surface area (Å²) in [6.45, 7) is 4.97. The first-order valence-corrected chi connectivity index (χ1v) is 9.17. The molecule has 0 aliphatic heterocycles.